The van der Waals surface area contributed by atoms with Gasteiger partial charge in [0.1, 0.15) is 18.6 Å². The Balaban J connectivity index is 1.82. The van der Waals surface area contributed by atoms with E-state index in [9.17, 15) is 4.79 Å². The first-order valence-electron chi connectivity index (χ1n) is 7.56. The van der Waals surface area contributed by atoms with Gasteiger partial charge in [-0.1, -0.05) is 30.3 Å². The number of amides is 1. The van der Waals surface area contributed by atoms with Crippen molar-refractivity contribution in [3.05, 3.63) is 59.5 Å². The third kappa shape index (κ3) is 2.66. The molecule has 4 nitrogen and oxygen atoms in total. The fourth-order valence-electron chi connectivity index (χ4n) is 3.28. The molecule has 22 heavy (non-hydrogen) atoms. The average Bonchev–Trinajstić information content (AvgIpc) is 3.11. The lowest BCUT2D eigenvalue weighted by atomic mass is 9.91. The van der Waals surface area contributed by atoms with Crippen molar-refractivity contribution in [1.29, 1.82) is 0 Å². The van der Waals surface area contributed by atoms with Gasteiger partial charge in [0.05, 0.1) is 5.56 Å². The zero-order valence-corrected chi connectivity index (χ0v) is 13.0. The van der Waals surface area contributed by atoms with Crippen LogP contribution in [-0.2, 0) is 6.61 Å². The maximum Gasteiger partial charge on any atom is 0.257 e. The molecular weight excluding hydrogens is 278 g/mol. The Labute approximate surface area is 130 Å². The van der Waals surface area contributed by atoms with Crippen LogP contribution in [0, 0.1) is 0 Å². The lowest BCUT2D eigenvalue weighted by Gasteiger charge is -2.31. The third-order valence-electron chi connectivity index (χ3n) is 4.45. The summed E-state index contributed by atoms with van der Waals surface area (Å²) in [6, 6.07) is 11.9. The molecule has 0 spiro atoms. The second-order valence-corrected chi connectivity index (χ2v) is 6.50. The number of carbonyl (C=O) groups excluding carboxylic acids is 1. The Kier molecular flexibility index (Phi) is 3.79. The summed E-state index contributed by atoms with van der Waals surface area (Å²) < 4.78 is 5.18. The zero-order chi connectivity index (χ0) is 15.7. The van der Waals surface area contributed by atoms with E-state index in [1.54, 1.807) is 6.07 Å². The largest absolute Gasteiger partial charge is 0.466 e. The highest BCUT2D eigenvalue weighted by Crippen LogP contribution is 2.39. The van der Waals surface area contributed by atoms with Gasteiger partial charge in [-0.05, 0) is 31.9 Å². The normalized spacial score (nSPS) is 20.3. The predicted octanol–water partition coefficient (Wildman–Crippen LogP) is 3.18. The predicted molar refractivity (Wildman–Crippen MR) is 83.5 cm³/mol. The van der Waals surface area contributed by atoms with Gasteiger partial charge in [-0.3, -0.25) is 4.79 Å². The molecular formula is C18H21NO3. The molecule has 116 valence electrons. The van der Waals surface area contributed by atoms with Gasteiger partial charge in [0.25, 0.3) is 5.91 Å². The molecule has 2 heterocycles. The van der Waals surface area contributed by atoms with E-state index in [0.29, 0.717) is 23.8 Å². The lowest BCUT2D eigenvalue weighted by Crippen LogP contribution is -2.42. The smallest absolute Gasteiger partial charge is 0.257 e. The van der Waals surface area contributed by atoms with E-state index < -0.39 is 0 Å². The van der Waals surface area contributed by atoms with E-state index in [1.807, 2.05) is 23.1 Å². The summed E-state index contributed by atoms with van der Waals surface area (Å²) in [4.78, 5) is 14.7. The Hall–Kier alpha value is -2.07. The van der Waals surface area contributed by atoms with Crippen LogP contribution in [0.25, 0.3) is 0 Å². The molecule has 0 aliphatic carbocycles. The fourth-order valence-corrected chi connectivity index (χ4v) is 3.28. The van der Waals surface area contributed by atoms with E-state index in [1.165, 1.54) is 11.8 Å². The van der Waals surface area contributed by atoms with Gasteiger partial charge in [0.2, 0.25) is 0 Å². The van der Waals surface area contributed by atoms with E-state index >= 15 is 0 Å². The molecule has 1 saturated heterocycles. The molecule has 3 rings (SSSR count). The van der Waals surface area contributed by atoms with Crippen molar-refractivity contribution >= 4 is 5.91 Å². The first-order valence-corrected chi connectivity index (χ1v) is 7.56. The van der Waals surface area contributed by atoms with E-state index in [-0.39, 0.29) is 18.1 Å². The average molecular weight is 299 g/mol. The minimum absolute atomic E-state index is 0.0353. The van der Waals surface area contributed by atoms with Crippen LogP contribution in [0.15, 0.2) is 47.1 Å². The van der Waals surface area contributed by atoms with Crippen LogP contribution in [0.2, 0.25) is 0 Å². The zero-order valence-electron chi connectivity index (χ0n) is 13.0. The minimum atomic E-state index is -0.200. The van der Waals surface area contributed by atoms with Gasteiger partial charge in [0.15, 0.2) is 0 Å². The quantitative estimate of drug-likeness (QED) is 0.947. The van der Waals surface area contributed by atoms with E-state index in [2.05, 4.69) is 26.0 Å². The highest BCUT2D eigenvalue weighted by Gasteiger charge is 2.42. The van der Waals surface area contributed by atoms with Crippen molar-refractivity contribution in [2.75, 3.05) is 6.54 Å². The monoisotopic (exact) mass is 299 g/mol. The highest BCUT2D eigenvalue weighted by atomic mass is 16.4. The second kappa shape index (κ2) is 5.61. The molecule has 1 fully saturated rings. The molecule has 0 saturated carbocycles. The van der Waals surface area contributed by atoms with E-state index in [0.717, 1.165) is 6.42 Å². The number of benzene rings is 1. The molecule has 1 aromatic heterocycles. The van der Waals surface area contributed by atoms with Gasteiger partial charge in [-0.2, -0.15) is 0 Å². The summed E-state index contributed by atoms with van der Waals surface area (Å²) in [7, 11) is 0. The Morgan fingerprint density at radius 2 is 2.09 bits per heavy atom. The fraction of sp³-hybridized carbons (Fsp3) is 0.389. The standard InChI is InChI=1S/C18H21NO3/c1-18(2)9-15(13-6-4-3-5-7-13)10-19(18)17(21)14-8-16(11-20)22-12-14/h3-8,12,15,20H,9-11H2,1-2H3. The van der Waals surface area contributed by atoms with Crippen molar-refractivity contribution in [3.8, 4) is 0 Å². The van der Waals surface area contributed by atoms with Crippen LogP contribution < -0.4 is 0 Å². The molecule has 1 unspecified atom stereocenters. The van der Waals surface area contributed by atoms with Crippen LogP contribution in [0.1, 0.15) is 47.9 Å². The summed E-state index contributed by atoms with van der Waals surface area (Å²) >= 11 is 0. The minimum Gasteiger partial charge on any atom is -0.466 e. The summed E-state index contributed by atoms with van der Waals surface area (Å²) in [5.74, 6) is 0.733. The third-order valence-corrected chi connectivity index (χ3v) is 4.45. The number of likely N-dealkylation sites (tertiary alicyclic amines) is 1. The highest BCUT2D eigenvalue weighted by molar-refractivity contribution is 5.94. The maximum absolute atomic E-state index is 12.8. The molecule has 1 atom stereocenters. The molecule has 1 aliphatic rings. The van der Waals surface area contributed by atoms with Crippen LogP contribution in [0.5, 0.6) is 0 Å². The Morgan fingerprint density at radius 1 is 1.36 bits per heavy atom. The molecule has 1 aliphatic heterocycles. The molecule has 0 radical (unpaired) electrons. The van der Waals surface area contributed by atoms with Crippen molar-refractivity contribution in [2.24, 2.45) is 0 Å². The first-order chi connectivity index (χ1) is 10.5. The lowest BCUT2D eigenvalue weighted by molar-refractivity contribution is 0.0650. The van der Waals surface area contributed by atoms with Crippen molar-refractivity contribution < 1.29 is 14.3 Å². The van der Waals surface area contributed by atoms with Crippen molar-refractivity contribution in [2.45, 2.75) is 38.3 Å². The van der Waals surface area contributed by atoms with Gasteiger partial charge < -0.3 is 14.4 Å². The Morgan fingerprint density at radius 3 is 2.73 bits per heavy atom. The van der Waals surface area contributed by atoms with Crippen LogP contribution >= 0.6 is 0 Å². The number of aliphatic hydroxyl groups is 1. The molecule has 0 bridgehead atoms. The van der Waals surface area contributed by atoms with Gasteiger partial charge >= 0.3 is 0 Å². The maximum atomic E-state index is 12.8. The molecule has 1 aromatic carbocycles. The van der Waals surface area contributed by atoms with Gasteiger partial charge in [0, 0.05) is 18.0 Å². The molecule has 2 aromatic rings. The summed E-state index contributed by atoms with van der Waals surface area (Å²) in [6.07, 6.45) is 2.37. The SMILES string of the molecule is CC1(C)CC(c2ccccc2)CN1C(=O)c1coc(CO)c1. The topological polar surface area (TPSA) is 53.7 Å². The number of hydrogen-bond acceptors (Lipinski definition) is 3. The molecule has 4 heteroatoms. The van der Waals surface area contributed by atoms with Crippen molar-refractivity contribution in [3.63, 3.8) is 0 Å². The number of aliphatic hydroxyl groups excluding tert-OH is 1. The first kappa shape index (κ1) is 14.9. The van der Waals surface area contributed by atoms with Crippen LogP contribution in [0.4, 0.5) is 0 Å². The number of carbonyl (C=O) groups is 1. The number of furan rings is 1. The summed E-state index contributed by atoms with van der Waals surface area (Å²) in [5.41, 5.74) is 1.58. The van der Waals surface area contributed by atoms with Gasteiger partial charge in [-0.15, -0.1) is 0 Å². The van der Waals surface area contributed by atoms with Crippen molar-refractivity contribution in [1.82, 2.24) is 4.90 Å². The summed E-state index contributed by atoms with van der Waals surface area (Å²) in [5, 5.41) is 9.07. The Bertz CT molecular complexity index is 660. The van der Waals surface area contributed by atoms with Crippen LogP contribution in [-0.4, -0.2) is 28.0 Å². The second-order valence-electron chi connectivity index (χ2n) is 6.50. The number of hydrogen-bond donors (Lipinski definition) is 1. The summed E-state index contributed by atoms with van der Waals surface area (Å²) in [6.45, 7) is 4.71. The van der Waals surface area contributed by atoms with Crippen LogP contribution in [0.3, 0.4) is 0 Å². The number of rotatable bonds is 3. The van der Waals surface area contributed by atoms with Gasteiger partial charge in [-0.25, -0.2) is 0 Å². The molecule has 1 amide bonds. The molecule has 1 N–H and O–H groups in total. The number of nitrogens with zero attached hydrogens (tertiary/aromatic N) is 1. The van der Waals surface area contributed by atoms with E-state index in [4.69, 9.17) is 9.52 Å².